The maximum absolute atomic E-state index is 11.7. The van der Waals surface area contributed by atoms with Crippen LogP contribution in [0, 0.1) is 0 Å². The van der Waals surface area contributed by atoms with Gasteiger partial charge in [0.2, 0.25) is 0 Å². The molecule has 1 atom stereocenters. The molecule has 4 heteroatoms. The molecule has 0 aromatic heterocycles. The van der Waals surface area contributed by atoms with Crippen molar-refractivity contribution in [3.63, 3.8) is 0 Å². The Kier molecular flexibility index (Phi) is 3.34. The second-order valence-corrected chi connectivity index (χ2v) is 6.37. The predicted molar refractivity (Wildman–Crippen MR) is 84.5 cm³/mol. The molecule has 2 heterocycles. The minimum atomic E-state index is -0.264. The first-order valence-corrected chi connectivity index (χ1v) is 7.75. The van der Waals surface area contributed by atoms with E-state index >= 15 is 0 Å². The van der Waals surface area contributed by atoms with Gasteiger partial charge in [-0.15, -0.1) is 0 Å². The van der Waals surface area contributed by atoms with Crippen LogP contribution in [0.25, 0.3) is 0 Å². The summed E-state index contributed by atoms with van der Waals surface area (Å²) in [7, 11) is 0. The van der Waals surface area contributed by atoms with Crippen molar-refractivity contribution in [2.45, 2.75) is 25.6 Å². The maximum atomic E-state index is 11.7. The van der Waals surface area contributed by atoms with Crippen LogP contribution in [0.5, 0.6) is 5.75 Å². The topological polar surface area (TPSA) is 44.8 Å². The number of fused-ring (bicyclic) bond motifs is 3. The Balaban J connectivity index is 1.52. The van der Waals surface area contributed by atoms with E-state index in [9.17, 15) is 4.79 Å². The zero-order valence-electron chi connectivity index (χ0n) is 13.0. The quantitative estimate of drug-likeness (QED) is 0.813. The lowest BCUT2D eigenvalue weighted by atomic mass is 9.84. The van der Waals surface area contributed by atoms with E-state index in [0.29, 0.717) is 32.0 Å². The molecular formula is C19H18O4. The molecule has 0 saturated carbocycles. The van der Waals surface area contributed by atoms with Crippen LogP contribution in [0.1, 0.15) is 34.0 Å². The number of carbonyl (C=O) groups excluding carboxylic acids is 1. The van der Waals surface area contributed by atoms with Gasteiger partial charge in [-0.25, -0.2) is 4.79 Å². The van der Waals surface area contributed by atoms with Crippen molar-refractivity contribution >= 4 is 5.97 Å². The van der Waals surface area contributed by atoms with Crippen molar-refractivity contribution < 1.29 is 19.0 Å². The highest BCUT2D eigenvalue weighted by Crippen LogP contribution is 2.44. The second kappa shape index (κ2) is 5.39. The first-order valence-electron chi connectivity index (χ1n) is 7.75. The number of hydrogen-bond donors (Lipinski definition) is 0. The molecule has 4 nitrogen and oxygen atoms in total. The molecule has 0 radical (unpaired) electrons. The Hall–Kier alpha value is -2.33. The summed E-state index contributed by atoms with van der Waals surface area (Å²) in [4.78, 5) is 11.7. The van der Waals surface area contributed by atoms with Gasteiger partial charge in [-0.2, -0.15) is 0 Å². The number of esters is 1. The van der Waals surface area contributed by atoms with Gasteiger partial charge in [-0.3, -0.25) is 0 Å². The molecule has 0 bridgehead atoms. The summed E-state index contributed by atoms with van der Waals surface area (Å²) in [5.41, 5.74) is 3.55. The number of cyclic esters (lactones) is 1. The highest BCUT2D eigenvalue weighted by atomic mass is 16.5. The number of ether oxygens (including phenoxy) is 3. The summed E-state index contributed by atoms with van der Waals surface area (Å²) in [6.07, 6.45) is 0. The molecule has 2 aliphatic heterocycles. The zero-order chi connectivity index (χ0) is 15.9. The molecule has 0 N–H and O–H groups in total. The van der Waals surface area contributed by atoms with E-state index in [-0.39, 0.29) is 11.4 Å². The fourth-order valence-electron chi connectivity index (χ4n) is 3.21. The van der Waals surface area contributed by atoms with Gasteiger partial charge in [0, 0.05) is 11.1 Å². The first-order chi connectivity index (χ1) is 11.2. The zero-order valence-corrected chi connectivity index (χ0v) is 13.0. The number of hydrogen-bond acceptors (Lipinski definition) is 4. The van der Waals surface area contributed by atoms with Crippen LogP contribution in [-0.2, 0) is 28.1 Å². The summed E-state index contributed by atoms with van der Waals surface area (Å²) in [6.45, 7) is 4.15. The van der Waals surface area contributed by atoms with Crippen molar-refractivity contribution in [1.82, 2.24) is 0 Å². The van der Waals surface area contributed by atoms with E-state index < -0.39 is 0 Å². The molecule has 4 rings (SSSR count). The second-order valence-electron chi connectivity index (χ2n) is 6.37. The lowest BCUT2D eigenvalue weighted by Crippen LogP contribution is -2.30. The van der Waals surface area contributed by atoms with E-state index in [4.69, 9.17) is 14.2 Å². The monoisotopic (exact) mass is 310 g/mol. The minimum absolute atomic E-state index is 0.204. The molecular weight excluding hydrogens is 292 g/mol. The molecule has 0 spiro atoms. The Bertz CT molecular complexity index is 753. The fourth-order valence-corrected chi connectivity index (χ4v) is 3.21. The standard InChI is InChI=1S/C19H18O4/c1-19(11-21-9-13-5-3-2-4-6-13)12-23-17-15-10-22-18(20)14(15)7-8-16(17)19/h2-8H,9-12H2,1H3. The molecule has 0 aliphatic carbocycles. The van der Waals surface area contributed by atoms with E-state index in [0.717, 1.165) is 22.4 Å². The molecule has 2 aromatic rings. The molecule has 0 saturated heterocycles. The van der Waals surface area contributed by atoms with E-state index in [1.54, 1.807) is 0 Å². The molecule has 1 unspecified atom stereocenters. The normalized spacial score (nSPS) is 21.5. The number of carbonyl (C=O) groups is 1. The van der Waals surface area contributed by atoms with E-state index in [1.165, 1.54) is 0 Å². The van der Waals surface area contributed by atoms with E-state index in [1.807, 2.05) is 30.3 Å². The SMILES string of the molecule is CC1(COCc2ccccc2)COc2c1ccc1c2COC1=O. The molecule has 0 amide bonds. The summed E-state index contributed by atoms with van der Waals surface area (Å²) < 4.78 is 16.9. The Morgan fingerprint density at radius 2 is 1.96 bits per heavy atom. The van der Waals surface area contributed by atoms with Crippen LogP contribution < -0.4 is 4.74 Å². The predicted octanol–water partition coefficient (Wildman–Crippen LogP) is 3.22. The molecule has 0 fully saturated rings. The van der Waals surface area contributed by atoms with Crippen molar-refractivity contribution in [2.75, 3.05) is 13.2 Å². The van der Waals surface area contributed by atoms with Gasteiger partial charge in [0.05, 0.1) is 30.8 Å². The highest BCUT2D eigenvalue weighted by molar-refractivity contribution is 5.94. The van der Waals surface area contributed by atoms with Crippen molar-refractivity contribution in [1.29, 1.82) is 0 Å². The van der Waals surface area contributed by atoms with Gasteiger partial charge in [-0.1, -0.05) is 36.4 Å². The van der Waals surface area contributed by atoms with Crippen molar-refractivity contribution in [2.24, 2.45) is 0 Å². The van der Waals surface area contributed by atoms with Crippen LogP contribution in [0.3, 0.4) is 0 Å². The van der Waals surface area contributed by atoms with E-state index in [2.05, 4.69) is 19.1 Å². The fraction of sp³-hybridized carbons (Fsp3) is 0.316. The average molecular weight is 310 g/mol. The highest BCUT2D eigenvalue weighted by Gasteiger charge is 2.40. The van der Waals surface area contributed by atoms with Crippen molar-refractivity contribution in [3.8, 4) is 5.75 Å². The Morgan fingerprint density at radius 3 is 2.78 bits per heavy atom. The first kappa shape index (κ1) is 14.3. The number of benzene rings is 2. The molecule has 23 heavy (non-hydrogen) atoms. The Morgan fingerprint density at radius 1 is 1.13 bits per heavy atom. The third kappa shape index (κ3) is 2.39. The van der Waals surface area contributed by atoms with Crippen molar-refractivity contribution in [3.05, 3.63) is 64.7 Å². The average Bonchev–Trinajstić information content (AvgIpc) is 3.10. The van der Waals surface area contributed by atoms with Gasteiger partial charge in [0.25, 0.3) is 0 Å². The van der Waals surface area contributed by atoms with Crippen LogP contribution in [0.4, 0.5) is 0 Å². The maximum Gasteiger partial charge on any atom is 0.339 e. The largest absolute Gasteiger partial charge is 0.492 e. The summed E-state index contributed by atoms with van der Waals surface area (Å²) in [6, 6.07) is 13.9. The third-order valence-corrected chi connectivity index (χ3v) is 4.55. The van der Waals surface area contributed by atoms with Gasteiger partial charge >= 0.3 is 5.97 Å². The van der Waals surface area contributed by atoms with Gasteiger partial charge in [-0.05, 0) is 18.6 Å². The number of rotatable bonds is 4. The van der Waals surface area contributed by atoms with Crippen LogP contribution in [-0.4, -0.2) is 19.2 Å². The minimum Gasteiger partial charge on any atom is -0.492 e. The summed E-state index contributed by atoms with van der Waals surface area (Å²) in [5.74, 6) is 0.541. The smallest absolute Gasteiger partial charge is 0.339 e. The summed E-state index contributed by atoms with van der Waals surface area (Å²) >= 11 is 0. The molecule has 2 aromatic carbocycles. The summed E-state index contributed by atoms with van der Waals surface area (Å²) in [5, 5.41) is 0. The Labute approximate surface area is 135 Å². The van der Waals surface area contributed by atoms with Gasteiger partial charge < -0.3 is 14.2 Å². The molecule has 2 aliphatic rings. The van der Waals surface area contributed by atoms with Gasteiger partial charge in [0.15, 0.2) is 0 Å². The van der Waals surface area contributed by atoms with Crippen LogP contribution >= 0.6 is 0 Å². The molecule has 118 valence electrons. The lowest BCUT2D eigenvalue weighted by Gasteiger charge is -2.22. The third-order valence-electron chi connectivity index (χ3n) is 4.55. The van der Waals surface area contributed by atoms with Crippen LogP contribution in [0.2, 0.25) is 0 Å². The van der Waals surface area contributed by atoms with Gasteiger partial charge in [0.1, 0.15) is 12.4 Å². The van der Waals surface area contributed by atoms with Crippen LogP contribution in [0.15, 0.2) is 42.5 Å². The lowest BCUT2D eigenvalue weighted by molar-refractivity contribution is 0.0533.